The van der Waals surface area contributed by atoms with Gasteiger partial charge in [0.2, 0.25) is 0 Å². The summed E-state index contributed by atoms with van der Waals surface area (Å²) < 4.78 is 12.7. The van der Waals surface area contributed by atoms with E-state index in [-0.39, 0.29) is 28.4 Å². The number of Topliss-reactive ketones (excluding diaryl/α,β-unsaturated/α-hetero) is 1. The Kier molecular flexibility index (Phi) is 6.36. The number of esters is 1. The van der Waals surface area contributed by atoms with E-state index in [0.717, 1.165) is 18.4 Å². The summed E-state index contributed by atoms with van der Waals surface area (Å²) in [5.74, 6) is -3.87. The molecule has 0 bridgehead atoms. The van der Waals surface area contributed by atoms with Gasteiger partial charge < -0.3 is 24.9 Å². The molecule has 1 fully saturated rings. The molecule has 2 aromatic carbocycles. The van der Waals surface area contributed by atoms with Crippen LogP contribution in [-0.4, -0.2) is 46.0 Å². The molecule has 1 aromatic heterocycles. The molecule has 3 aromatic rings. The van der Waals surface area contributed by atoms with E-state index < -0.39 is 30.2 Å². The summed E-state index contributed by atoms with van der Waals surface area (Å²) in [4.78, 5) is 48.8. The highest BCUT2D eigenvalue weighted by molar-refractivity contribution is 6.45. The van der Waals surface area contributed by atoms with E-state index in [2.05, 4.69) is 0 Å². The van der Waals surface area contributed by atoms with Crippen molar-refractivity contribution in [1.29, 1.82) is 0 Å². The molecular weight excluding hydrogens is 440 g/mol. The predicted octanol–water partition coefficient (Wildman–Crippen LogP) is 2.70. The number of hydrogen-bond donors (Lipinski definition) is 2. The van der Waals surface area contributed by atoms with Crippen LogP contribution in [0.2, 0.25) is 0 Å². The van der Waals surface area contributed by atoms with E-state index in [1.54, 1.807) is 6.07 Å². The Balaban J connectivity index is 1.99. The van der Waals surface area contributed by atoms with Crippen LogP contribution in [0.1, 0.15) is 51.7 Å². The number of ether oxygens (including phenoxy) is 2. The van der Waals surface area contributed by atoms with Crippen LogP contribution in [0, 0.1) is 0 Å². The van der Waals surface area contributed by atoms with Crippen LogP contribution >= 0.6 is 0 Å². The van der Waals surface area contributed by atoms with Gasteiger partial charge in [-0.3, -0.25) is 9.59 Å². The van der Waals surface area contributed by atoms with Gasteiger partial charge in [-0.1, -0.05) is 37.3 Å². The molecule has 4 rings (SSSR count). The second-order valence-corrected chi connectivity index (χ2v) is 8.10. The molecule has 0 spiro atoms. The summed E-state index contributed by atoms with van der Waals surface area (Å²) in [6.45, 7) is 1.46. The third kappa shape index (κ3) is 4.63. The van der Waals surface area contributed by atoms with Gasteiger partial charge in [0, 0.05) is 12.2 Å². The lowest BCUT2D eigenvalue weighted by Gasteiger charge is -2.12. The summed E-state index contributed by atoms with van der Waals surface area (Å²) in [6, 6.07) is 12.4. The maximum atomic E-state index is 12.9. The molecule has 0 atom stereocenters. The molecule has 1 heterocycles. The topological polar surface area (TPSA) is 138 Å². The van der Waals surface area contributed by atoms with Crippen LogP contribution in [0.5, 0.6) is 5.75 Å². The van der Waals surface area contributed by atoms with Crippen molar-refractivity contribution < 1.29 is 33.8 Å². The summed E-state index contributed by atoms with van der Waals surface area (Å²) in [7, 11) is 0. The minimum atomic E-state index is -1.23. The fraction of sp³-hybridized carbons (Fsp3) is 0.280. The van der Waals surface area contributed by atoms with Gasteiger partial charge >= 0.3 is 11.9 Å². The maximum absolute atomic E-state index is 12.9. The third-order valence-electron chi connectivity index (χ3n) is 5.59. The molecule has 1 amide bonds. The van der Waals surface area contributed by atoms with Crippen LogP contribution in [0.15, 0.2) is 42.5 Å². The molecule has 9 nitrogen and oxygen atoms in total. The molecule has 0 aliphatic heterocycles. The van der Waals surface area contributed by atoms with E-state index in [1.807, 2.05) is 41.8 Å². The van der Waals surface area contributed by atoms with E-state index in [1.165, 1.54) is 6.07 Å². The quantitative estimate of drug-likeness (QED) is 0.267. The minimum Gasteiger partial charge on any atom is -0.481 e. The van der Waals surface area contributed by atoms with E-state index in [9.17, 15) is 19.2 Å². The first-order valence-electron chi connectivity index (χ1n) is 10.9. The van der Waals surface area contributed by atoms with Gasteiger partial charge in [0.25, 0.3) is 11.7 Å². The number of carboxylic acid groups (broad SMARTS) is 1. The fourth-order valence-electron chi connectivity index (χ4n) is 3.95. The highest BCUT2D eigenvalue weighted by Crippen LogP contribution is 2.37. The van der Waals surface area contributed by atoms with Crippen molar-refractivity contribution in [3.05, 3.63) is 64.8 Å². The fourth-order valence-corrected chi connectivity index (χ4v) is 3.95. The summed E-state index contributed by atoms with van der Waals surface area (Å²) in [5.41, 5.74) is 7.44. The number of amides is 1. The van der Waals surface area contributed by atoms with Crippen molar-refractivity contribution in [1.82, 2.24) is 4.57 Å². The highest BCUT2D eigenvalue weighted by atomic mass is 16.5. The highest BCUT2D eigenvalue weighted by Gasteiger charge is 2.31. The normalized spacial score (nSPS) is 13.0. The van der Waals surface area contributed by atoms with Crippen molar-refractivity contribution in [3.63, 3.8) is 0 Å². The number of benzene rings is 2. The number of aliphatic carboxylic acids is 1. The number of hydrogen-bond acceptors (Lipinski definition) is 6. The Morgan fingerprint density at radius 3 is 2.41 bits per heavy atom. The van der Waals surface area contributed by atoms with E-state index in [0.29, 0.717) is 24.2 Å². The van der Waals surface area contributed by atoms with Crippen molar-refractivity contribution in [2.45, 2.75) is 38.8 Å². The lowest BCUT2D eigenvalue weighted by molar-refractivity contribution is -0.139. The minimum absolute atomic E-state index is 0.00578. The predicted molar refractivity (Wildman–Crippen MR) is 122 cm³/mol. The van der Waals surface area contributed by atoms with Gasteiger partial charge in [0.15, 0.2) is 6.61 Å². The Labute approximate surface area is 195 Å². The van der Waals surface area contributed by atoms with Crippen LogP contribution in [0.4, 0.5) is 0 Å². The molecule has 1 aliphatic rings. The number of aromatic nitrogens is 1. The van der Waals surface area contributed by atoms with Gasteiger partial charge in [-0.25, -0.2) is 9.59 Å². The second-order valence-electron chi connectivity index (χ2n) is 8.10. The number of carboxylic acids is 1. The summed E-state index contributed by atoms with van der Waals surface area (Å²) >= 11 is 0. The Morgan fingerprint density at radius 1 is 1.12 bits per heavy atom. The molecule has 1 aliphatic carbocycles. The largest absolute Gasteiger partial charge is 0.481 e. The molecule has 34 heavy (non-hydrogen) atoms. The number of carbonyl (C=O) groups is 4. The van der Waals surface area contributed by atoms with Gasteiger partial charge in [-0.15, -0.1) is 0 Å². The molecule has 3 N–H and O–H groups in total. The monoisotopic (exact) mass is 464 g/mol. The van der Waals surface area contributed by atoms with Crippen LogP contribution < -0.4 is 10.5 Å². The molecule has 0 saturated heterocycles. The zero-order chi connectivity index (χ0) is 24.4. The Hall–Kier alpha value is -4.14. The average Bonchev–Trinajstić information content (AvgIpc) is 3.58. The Morgan fingerprint density at radius 2 is 1.82 bits per heavy atom. The maximum Gasteiger partial charge on any atom is 0.341 e. The third-order valence-corrected chi connectivity index (χ3v) is 5.59. The van der Waals surface area contributed by atoms with Crippen LogP contribution in [-0.2, 0) is 27.3 Å². The number of nitrogens with zero attached hydrogens (tertiary/aromatic N) is 1. The lowest BCUT2D eigenvalue weighted by atomic mass is 10.0. The van der Waals surface area contributed by atoms with Crippen molar-refractivity contribution in [2.75, 3.05) is 6.61 Å². The number of fused-ring (bicyclic) bond motifs is 1. The van der Waals surface area contributed by atoms with Crippen molar-refractivity contribution in [2.24, 2.45) is 5.73 Å². The van der Waals surface area contributed by atoms with Gasteiger partial charge in [0.1, 0.15) is 11.9 Å². The molecular formula is C25H24N2O7. The van der Waals surface area contributed by atoms with Gasteiger partial charge in [-0.05, 0) is 37.0 Å². The lowest BCUT2D eigenvalue weighted by Crippen LogP contribution is -2.24. The summed E-state index contributed by atoms with van der Waals surface area (Å²) in [5, 5.41) is 9.39. The van der Waals surface area contributed by atoms with E-state index >= 15 is 0 Å². The van der Waals surface area contributed by atoms with Crippen LogP contribution in [0.25, 0.3) is 10.9 Å². The van der Waals surface area contributed by atoms with Crippen LogP contribution in [0.3, 0.4) is 0 Å². The van der Waals surface area contributed by atoms with E-state index in [4.69, 9.17) is 20.3 Å². The second kappa shape index (κ2) is 9.38. The first kappa shape index (κ1) is 23.0. The van der Waals surface area contributed by atoms with Crippen molar-refractivity contribution >= 4 is 34.5 Å². The van der Waals surface area contributed by atoms with Crippen molar-refractivity contribution in [3.8, 4) is 5.75 Å². The Bertz CT molecular complexity index is 1290. The number of carbonyl (C=O) groups excluding carboxylic acids is 3. The zero-order valence-electron chi connectivity index (χ0n) is 18.6. The molecule has 9 heteroatoms. The van der Waals surface area contributed by atoms with Gasteiger partial charge in [-0.2, -0.15) is 0 Å². The first-order chi connectivity index (χ1) is 16.3. The smallest absolute Gasteiger partial charge is 0.341 e. The molecule has 1 saturated carbocycles. The first-order valence-corrected chi connectivity index (χ1v) is 10.9. The molecule has 176 valence electrons. The number of rotatable bonds is 10. The zero-order valence-corrected chi connectivity index (χ0v) is 18.6. The SMILES string of the molecule is CCc1c(C(=O)C(N)=O)c2c(OCC(=O)O)cc(C(=O)OC3CC3)cc2n1Cc1ccccc1. The standard InChI is InChI=1S/C25H24N2O7/c1-2-17-22(23(30)24(26)31)21-18(27(17)12-14-6-4-3-5-7-14)10-15(25(32)34-16-8-9-16)11-19(21)33-13-20(28)29/h3-7,10-11,16H,2,8-9,12-13H2,1H3,(H2,26,31)(H,28,29). The number of ketones is 1. The molecule has 0 radical (unpaired) electrons. The molecule has 0 unspecified atom stereocenters. The summed E-state index contributed by atoms with van der Waals surface area (Å²) in [6.07, 6.45) is 1.81. The number of nitrogens with two attached hydrogens (primary N) is 1. The van der Waals surface area contributed by atoms with Gasteiger partial charge in [0.05, 0.1) is 22.0 Å². The average molecular weight is 464 g/mol. The number of primary amides is 1.